The lowest BCUT2D eigenvalue weighted by Gasteiger charge is -2.28. The van der Waals surface area contributed by atoms with Crippen LogP contribution in [0.15, 0.2) is 18.3 Å². The van der Waals surface area contributed by atoms with Gasteiger partial charge in [0.05, 0.1) is 55.8 Å². The number of anilines is 1. The number of nitrogens with two attached hydrogens (primary N) is 1. The van der Waals surface area contributed by atoms with Crippen molar-refractivity contribution >= 4 is 22.9 Å². The summed E-state index contributed by atoms with van der Waals surface area (Å²) < 4.78 is 14.7. The first kappa shape index (κ1) is 23.8. The molecule has 4 heterocycles. The number of ether oxygens (including phenoxy) is 2. The fraction of sp³-hybridized carbons (Fsp3) is 0.385. The van der Waals surface area contributed by atoms with E-state index in [0.29, 0.717) is 48.8 Å². The van der Waals surface area contributed by atoms with Crippen LogP contribution >= 0.6 is 0 Å². The molecule has 10 heteroatoms. The number of nitrogens with zero attached hydrogens (tertiary/aromatic N) is 6. The molecule has 1 aliphatic heterocycles. The van der Waals surface area contributed by atoms with E-state index in [-0.39, 0.29) is 5.91 Å². The van der Waals surface area contributed by atoms with E-state index >= 15 is 0 Å². The molecule has 0 unspecified atom stereocenters. The normalized spacial score (nSPS) is 13.3. The summed E-state index contributed by atoms with van der Waals surface area (Å²) in [5.41, 5.74) is 14.4. The molecule has 0 aliphatic carbocycles. The Morgan fingerprint density at radius 3 is 2.56 bits per heavy atom. The minimum atomic E-state index is -0.178. The number of fused-ring (bicyclic) bond motifs is 2. The Kier molecular flexibility index (Phi) is 5.91. The van der Waals surface area contributed by atoms with Gasteiger partial charge in [0.15, 0.2) is 5.65 Å². The first-order valence-corrected chi connectivity index (χ1v) is 11.9. The Morgan fingerprint density at radius 2 is 1.83 bits per heavy atom. The second-order valence-electron chi connectivity index (χ2n) is 9.22. The summed E-state index contributed by atoms with van der Waals surface area (Å²) in [6, 6.07) is 3.91. The first-order valence-electron chi connectivity index (χ1n) is 11.9. The van der Waals surface area contributed by atoms with Crippen LogP contribution in [0, 0.1) is 27.7 Å². The molecule has 3 aromatic heterocycles. The summed E-state index contributed by atoms with van der Waals surface area (Å²) in [7, 11) is 3.29. The average Bonchev–Trinajstić information content (AvgIpc) is 3.37. The van der Waals surface area contributed by atoms with Crippen molar-refractivity contribution in [2.75, 3.05) is 26.5 Å². The highest BCUT2D eigenvalue weighted by molar-refractivity contribution is 6.10. The van der Waals surface area contributed by atoms with E-state index in [9.17, 15) is 4.79 Å². The molecular weight excluding hydrogens is 458 g/mol. The van der Waals surface area contributed by atoms with Crippen molar-refractivity contribution in [3.05, 3.63) is 57.7 Å². The minimum absolute atomic E-state index is 0.178. The standard InChI is InChI=1S/C26H31N7O3/c1-14-7-8-20(36-6)15(2)23(14)33-24(27)21(22-25(33)30-17(4)16(3)29-22)26(34)31-9-10-32-19(12-31)18(11-28-32)13-35-5/h7-8,11H,9-10,12-13,27H2,1-6H3. The van der Waals surface area contributed by atoms with Gasteiger partial charge in [-0.1, -0.05) is 6.07 Å². The lowest BCUT2D eigenvalue weighted by Crippen LogP contribution is -2.39. The highest BCUT2D eigenvalue weighted by Crippen LogP contribution is 2.36. The quantitative estimate of drug-likeness (QED) is 0.458. The van der Waals surface area contributed by atoms with E-state index < -0.39 is 0 Å². The molecule has 2 N–H and O–H groups in total. The van der Waals surface area contributed by atoms with Crippen LogP contribution in [-0.2, 0) is 24.4 Å². The molecule has 4 aromatic rings. The van der Waals surface area contributed by atoms with Crippen LogP contribution in [0.3, 0.4) is 0 Å². The monoisotopic (exact) mass is 489 g/mol. The number of carbonyl (C=O) groups is 1. The topological polar surface area (TPSA) is 113 Å². The Labute approximate surface area is 209 Å². The predicted molar refractivity (Wildman–Crippen MR) is 136 cm³/mol. The molecule has 0 saturated carbocycles. The van der Waals surface area contributed by atoms with Crippen LogP contribution in [0.2, 0.25) is 0 Å². The van der Waals surface area contributed by atoms with Gasteiger partial charge in [-0.15, -0.1) is 0 Å². The maximum atomic E-state index is 14.0. The number of nitrogen functional groups attached to an aromatic ring is 1. The molecule has 0 atom stereocenters. The number of amides is 1. The number of aryl methyl sites for hydroxylation is 3. The maximum Gasteiger partial charge on any atom is 0.260 e. The molecule has 0 spiro atoms. The van der Waals surface area contributed by atoms with Gasteiger partial charge in [-0.3, -0.25) is 14.0 Å². The Balaban J connectivity index is 1.69. The SMILES string of the molecule is COCc1cnn2c1CN(C(=O)c1c(N)n(-c3c(C)ccc(OC)c3C)c3nc(C)c(C)nc13)CC2. The van der Waals surface area contributed by atoms with Gasteiger partial charge in [-0.05, 0) is 39.3 Å². The second kappa shape index (κ2) is 8.94. The fourth-order valence-corrected chi connectivity index (χ4v) is 4.99. The van der Waals surface area contributed by atoms with E-state index in [4.69, 9.17) is 25.2 Å². The van der Waals surface area contributed by atoms with Gasteiger partial charge in [-0.2, -0.15) is 5.10 Å². The van der Waals surface area contributed by atoms with Crippen LogP contribution in [0.1, 0.15) is 44.1 Å². The van der Waals surface area contributed by atoms with Crippen LogP contribution in [0.25, 0.3) is 16.9 Å². The van der Waals surface area contributed by atoms with Crippen molar-refractivity contribution in [1.82, 2.24) is 29.2 Å². The van der Waals surface area contributed by atoms with Crippen molar-refractivity contribution < 1.29 is 14.3 Å². The van der Waals surface area contributed by atoms with E-state index in [1.54, 1.807) is 25.3 Å². The van der Waals surface area contributed by atoms with Crippen molar-refractivity contribution in [1.29, 1.82) is 0 Å². The van der Waals surface area contributed by atoms with Gasteiger partial charge in [0, 0.05) is 24.8 Å². The van der Waals surface area contributed by atoms with Gasteiger partial charge in [0.2, 0.25) is 0 Å². The molecule has 0 fully saturated rings. The van der Waals surface area contributed by atoms with Gasteiger partial charge in [0.25, 0.3) is 5.91 Å². The number of aromatic nitrogens is 5. The van der Waals surface area contributed by atoms with E-state index in [2.05, 4.69) is 5.10 Å². The molecule has 0 bridgehead atoms. The highest BCUT2D eigenvalue weighted by atomic mass is 16.5. The molecule has 1 aliphatic rings. The van der Waals surface area contributed by atoms with E-state index in [1.807, 2.05) is 49.1 Å². The summed E-state index contributed by atoms with van der Waals surface area (Å²) in [5, 5.41) is 4.45. The third kappa shape index (κ3) is 3.60. The molecular formula is C26H31N7O3. The molecule has 188 valence electrons. The van der Waals surface area contributed by atoms with Crippen LogP contribution in [-0.4, -0.2) is 55.9 Å². The molecule has 36 heavy (non-hydrogen) atoms. The first-order chi connectivity index (χ1) is 17.3. The summed E-state index contributed by atoms with van der Waals surface area (Å²) in [4.78, 5) is 25.5. The van der Waals surface area contributed by atoms with Gasteiger partial charge < -0.3 is 20.1 Å². The lowest BCUT2D eigenvalue weighted by atomic mass is 10.1. The lowest BCUT2D eigenvalue weighted by molar-refractivity contribution is 0.0706. The molecule has 1 aromatic carbocycles. The average molecular weight is 490 g/mol. The molecule has 10 nitrogen and oxygen atoms in total. The molecule has 1 amide bonds. The van der Waals surface area contributed by atoms with Gasteiger partial charge in [-0.25, -0.2) is 9.97 Å². The summed E-state index contributed by atoms with van der Waals surface area (Å²) >= 11 is 0. The Hall–Kier alpha value is -3.92. The maximum absolute atomic E-state index is 14.0. The van der Waals surface area contributed by atoms with Gasteiger partial charge in [0.1, 0.15) is 22.6 Å². The van der Waals surface area contributed by atoms with Crippen molar-refractivity contribution in [3.63, 3.8) is 0 Å². The van der Waals surface area contributed by atoms with Crippen molar-refractivity contribution in [3.8, 4) is 11.4 Å². The number of carbonyl (C=O) groups excluding carboxylic acids is 1. The zero-order valence-corrected chi connectivity index (χ0v) is 21.5. The Morgan fingerprint density at radius 1 is 1.08 bits per heavy atom. The smallest absolute Gasteiger partial charge is 0.260 e. The predicted octanol–water partition coefficient (Wildman–Crippen LogP) is 3.24. The molecule has 0 radical (unpaired) electrons. The van der Waals surface area contributed by atoms with Crippen LogP contribution in [0.4, 0.5) is 5.82 Å². The summed E-state index contributed by atoms with van der Waals surface area (Å²) in [6.45, 7) is 9.75. The largest absolute Gasteiger partial charge is 0.496 e. The number of hydrogen-bond acceptors (Lipinski definition) is 7. The summed E-state index contributed by atoms with van der Waals surface area (Å²) in [5.74, 6) is 0.870. The zero-order chi connectivity index (χ0) is 25.7. The van der Waals surface area contributed by atoms with Crippen molar-refractivity contribution in [2.24, 2.45) is 0 Å². The third-order valence-electron chi connectivity index (χ3n) is 7.02. The van der Waals surface area contributed by atoms with Crippen LogP contribution < -0.4 is 10.5 Å². The zero-order valence-electron chi connectivity index (χ0n) is 21.5. The minimum Gasteiger partial charge on any atom is -0.496 e. The van der Waals surface area contributed by atoms with E-state index in [0.717, 1.165) is 45.2 Å². The molecule has 0 saturated heterocycles. The second-order valence-corrected chi connectivity index (χ2v) is 9.22. The third-order valence-corrected chi connectivity index (χ3v) is 7.02. The van der Waals surface area contributed by atoms with Crippen molar-refractivity contribution in [2.45, 2.75) is 47.4 Å². The van der Waals surface area contributed by atoms with Gasteiger partial charge >= 0.3 is 0 Å². The number of benzene rings is 1. The number of rotatable bonds is 5. The number of hydrogen-bond donors (Lipinski definition) is 1. The molecule has 5 rings (SSSR count). The summed E-state index contributed by atoms with van der Waals surface area (Å²) in [6.07, 6.45) is 1.80. The van der Waals surface area contributed by atoms with E-state index in [1.165, 1.54) is 0 Å². The highest BCUT2D eigenvalue weighted by Gasteiger charge is 2.32. The number of methoxy groups -OCH3 is 2. The van der Waals surface area contributed by atoms with Crippen LogP contribution in [0.5, 0.6) is 5.75 Å². The fourth-order valence-electron chi connectivity index (χ4n) is 4.99. The Bertz CT molecular complexity index is 1500.